The maximum atomic E-state index is 12.3. The summed E-state index contributed by atoms with van der Waals surface area (Å²) in [4.78, 5) is 25.3. The summed E-state index contributed by atoms with van der Waals surface area (Å²) in [5.74, 6) is -0.376. The average Bonchev–Trinajstić information content (AvgIpc) is 2.42. The summed E-state index contributed by atoms with van der Waals surface area (Å²) >= 11 is 0. The zero-order valence-electron chi connectivity index (χ0n) is 14.2. The van der Waals surface area contributed by atoms with E-state index in [-0.39, 0.29) is 18.1 Å². The molecule has 22 heavy (non-hydrogen) atoms. The van der Waals surface area contributed by atoms with E-state index in [0.717, 1.165) is 5.56 Å². The van der Waals surface area contributed by atoms with Gasteiger partial charge in [-0.15, -0.1) is 0 Å². The van der Waals surface area contributed by atoms with Crippen molar-refractivity contribution in [2.24, 2.45) is 0 Å². The van der Waals surface area contributed by atoms with Gasteiger partial charge in [-0.1, -0.05) is 12.1 Å². The lowest BCUT2D eigenvalue weighted by molar-refractivity contribution is 0.0171. The first-order valence-corrected chi connectivity index (χ1v) is 7.31. The van der Waals surface area contributed by atoms with Crippen molar-refractivity contribution in [2.45, 2.75) is 52.8 Å². The Morgan fingerprint density at radius 1 is 1.14 bits per heavy atom. The lowest BCUT2D eigenvalue weighted by Gasteiger charge is -2.30. The summed E-state index contributed by atoms with van der Waals surface area (Å²) < 4.78 is 10.1. The van der Waals surface area contributed by atoms with Crippen LogP contribution in [0.15, 0.2) is 24.3 Å². The molecule has 0 spiro atoms. The summed E-state index contributed by atoms with van der Waals surface area (Å²) in [7, 11) is 1.35. The maximum absolute atomic E-state index is 12.3. The van der Waals surface area contributed by atoms with E-state index in [0.29, 0.717) is 12.1 Å². The van der Waals surface area contributed by atoms with Gasteiger partial charge in [-0.05, 0) is 52.3 Å². The number of ether oxygens (including phenoxy) is 2. The van der Waals surface area contributed by atoms with Crippen LogP contribution in [-0.4, -0.2) is 35.7 Å². The molecule has 0 atom stereocenters. The van der Waals surface area contributed by atoms with Crippen LogP contribution in [0.25, 0.3) is 0 Å². The molecule has 1 amide bonds. The molecule has 1 aromatic carbocycles. The van der Waals surface area contributed by atoms with E-state index in [4.69, 9.17) is 4.74 Å². The Bertz CT molecular complexity index is 514. The number of benzene rings is 1. The Morgan fingerprint density at radius 2 is 1.68 bits per heavy atom. The summed E-state index contributed by atoms with van der Waals surface area (Å²) in [5, 5.41) is 0. The van der Waals surface area contributed by atoms with Gasteiger partial charge < -0.3 is 14.4 Å². The number of nitrogens with zero attached hydrogens (tertiary/aromatic N) is 1. The fourth-order valence-corrected chi connectivity index (χ4v) is 1.84. The minimum atomic E-state index is -0.529. The highest BCUT2D eigenvalue weighted by atomic mass is 16.6. The summed E-state index contributed by atoms with van der Waals surface area (Å²) in [6.07, 6.45) is -0.348. The van der Waals surface area contributed by atoms with Crippen LogP contribution in [0.4, 0.5) is 4.79 Å². The van der Waals surface area contributed by atoms with Crippen LogP contribution >= 0.6 is 0 Å². The monoisotopic (exact) mass is 307 g/mol. The van der Waals surface area contributed by atoms with Crippen molar-refractivity contribution in [3.63, 3.8) is 0 Å². The molecule has 0 fully saturated rings. The SMILES string of the molecule is COC(=O)c1ccc(CN(C(=O)OC(C)(C)C)C(C)C)cc1. The number of hydrogen-bond acceptors (Lipinski definition) is 4. The minimum absolute atomic E-state index is 0.00938. The van der Waals surface area contributed by atoms with E-state index in [1.807, 2.05) is 46.8 Å². The van der Waals surface area contributed by atoms with Crippen molar-refractivity contribution in [3.05, 3.63) is 35.4 Å². The van der Waals surface area contributed by atoms with Crippen molar-refractivity contribution in [1.29, 1.82) is 0 Å². The number of rotatable bonds is 4. The highest BCUT2D eigenvalue weighted by molar-refractivity contribution is 5.89. The van der Waals surface area contributed by atoms with Crippen molar-refractivity contribution >= 4 is 12.1 Å². The standard InChI is InChI=1S/C17H25NO4/c1-12(2)18(16(20)22-17(3,4)5)11-13-7-9-14(10-8-13)15(19)21-6/h7-10,12H,11H2,1-6H3. The van der Waals surface area contributed by atoms with Gasteiger partial charge in [0.2, 0.25) is 0 Å². The van der Waals surface area contributed by atoms with E-state index in [2.05, 4.69) is 4.74 Å². The third-order valence-electron chi connectivity index (χ3n) is 2.98. The topological polar surface area (TPSA) is 55.8 Å². The van der Waals surface area contributed by atoms with Crippen LogP contribution in [-0.2, 0) is 16.0 Å². The van der Waals surface area contributed by atoms with Crippen LogP contribution < -0.4 is 0 Å². The maximum Gasteiger partial charge on any atom is 0.410 e. The summed E-state index contributed by atoms with van der Waals surface area (Å²) in [6, 6.07) is 7.01. The summed E-state index contributed by atoms with van der Waals surface area (Å²) in [6.45, 7) is 9.82. The van der Waals surface area contributed by atoms with Crippen LogP contribution in [0.2, 0.25) is 0 Å². The smallest absolute Gasteiger partial charge is 0.410 e. The molecule has 5 heteroatoms. The molecular formula is C17H25NO4. The van der Waals surface area contributed by atoms with Crippen LogP contribution in [0.1, 0.15) is 50.5 Å². The quantitative estimate of drug-likeness (QED) is 0.797. The third-order valence-corrected chi connectivity index (χ3v) is 2.98. The normalized spacial score (nSPS) is 11.2. The molecule has 1 aromatic rings. The van der Waals surface area contributed by atoms with Crippen LogP contribution in [0.3, 0.4) is 0 Å². The number of hydrogen-bond donors (Lipinski definition) is 0. The minimum Gasteiger partial charge on any atom is -0.465 e. The molecule has 0 aliphatic heterocycles. The van der Waals surface area contributed by atoms with Gasteiger partial charge in [0.15, 0.2) is 0 Å². The van der Waals surface area contributed by atoms with E-state index >= 15 is 0 Å². The van der Waals surface area contributed by atoms with E-state index < -0.39 is 5.60 Å². The van der Waals surface area contributed by atoms with Crippen molar-refractivity contribution in [2.75, 3.05) is 7.11 Å². The zero-order chi connectivity index (χ0) is 16.9. The fourth-order valence-electron chi connectivity index (χ4n) is 1.84. The lowest BCUT2D eigenvalue weighted by Crippen LogP contribution is -2.40. The molecule has 1 rings (SSSR count). The fraction of sp³-hybridized carbons (Fsp3) is 0.529. The van der Waals surface area contributed by atoms with E-state index in [9.17, 15) is 9.59 Å². The van der Waals surface area contributed by atoms with Crippen molar-refractivity contribution in [1.82, 2.24) is 4.90 Å². The molecule has 0 aliphatic rings. The van der Waals surface area contributed by atoms with Crippen LogP contribution in [0, 0.1) is 0 Å². The molecule has 0 heterocycles. The average molecular weight is 307 g/mol. The Balaban J connectivity index is 2.83. The highest BCUT2D eigenvalue weighted by Crippen LogP contribution is 2.16. The Kier molecular flexibility index (Phi) is 5.97. The number of esters is 1. The predicted molar refractivity (Wildman–Crippen MR) is 84.7 cm³/mol. The Labute approximate surface area is 132 Å². The largest absolute Gasteiger partial charge is 0.465 e. The van der Waals surface area contributed by atoms with Gasteiger partial charge in [-0.25, -0.2) is 9.59 Å². The first kappa shape index (κ1) is 18.0. The molecule has 122 valence electrons. The molecular weight excluding hydrogens is 282 g/mol. The van der Waals surface area contributed by atoms with E-state index in [1.165, 1.54) is 7.11 Å². The molecule has 0 aromatic heterocycles. The molecule has 0 saturated heterocycles. The first-order chi connectivity index (χ1) is 10.1. The molecule has 0 saturated carbocycles. The van der Waals surface area contributed by atoms with Gasteiger partial charge in [-0.3, -0.25) is 0 Å². The second kappa shape index (κ2) is 7.29. The predicted octanol–water partition coefficient (Wildman–Crippen LogP) is 3.62. The summed E-state index contributed by atoms with van der Waals surface area (Å²) in [5.41, 5.74) is 0.880. The third kappa shape index (κ3) is 5.39. The number of carbonyl (C=O) groups is 2. The molecule has 0 radical (unpaired) electrons. The van der Waals surface area contributed by atoms with Crippen LogP contribution in [0.5, 0.6) is 0 Å². The molecule has 0 unspecified atom stereocenters. The number of amides is 1. The van der Waals surface area contributed by atoms with E-state index in [1.54, 1.807) is 17.0 Å². The molecule has 5 nitrogen and oxygen atoms in total. The zero-order valence-corrected chi connectivity index (χ0v) is 14.2. The van der Waals surface area contributed by atoms with Crippen molar-refractivity contribution < 1.29 is 19.1 Å². The lowest BCUT2D eigenvalue weighted by atomic mass is 10.1. The molecule has 0 bridgehead atoms. The van der Waals surface area contributed by atoms with Gasteiger partial charge in [0.05, 0.1) is 12.7 Å². The van der Waals surface area contributed by atoms with Crippen molar-refractivity contribution in [3.8, 4) is 0 Å². The molecule has 0 aliphatic carbocycles. The number of carbonyl (C=O) groups excluding carboxylic acids is 2. The van der Waals surface area contributed by atoms with Gasteiger partial charge in [-0.2, -0.15) is 0 Å². The highest BCUT2D eigenvalue weighted by Gasteiger charge is 2.24. The second-order valence-corrected chi connectivity index (χ2v) is 6.39. The first-order valence-electron chi connectivity index (χ1n) is 7.31. The molecule has 0 N–H and O–H groups in total. The van der Waals surface area contributed by atoms with Gasteiger partial charge in [0.1, 0.15) is 5.60 Å². The van der Waals surface area contributed by atoms with Gasteiger partial charge in [0.25, 0.3) is 0 Å². The number of methoxy groups -OCH3 is 1. The Morgan fingerprint density at radius 3 is 2.09 bits per heavy atom. The second-order valence-electron chi connectivity index (χ2n) is 6.39. The Hall–Kier alpha value is -2.04. The van der Waals surface area contributed by atoms with Gasteiger partial charge >= 0.3 is 12.1 Å². The van der Waals surface area contributed by atoms with Gasteiger partial charge in [0, 0.05) is 12.6 Å².